The normalized spacial score (nSPS) is 17.8. The number of carbonyl (C=O) groups excluding carboxylic acids is 1. The van der Waals surface area contributed by atoms with Crippen molar-refractivity contribution in [3.63, 3.8) is 0 Å². The second-order valence-corrected chi connectivity index (χ2v) is 6.11. The quantitative estimate of drug-likeness (QED) is 0.943. The number of aromatic nitrogens is 2. The van der Waals surface area contributed by atoms with Crippen LogP contribution >= 0.6 is 0 Å². The van der Waals surface area contributed by atoms with Crippen molar-refractivity contribution >= 4 is 11.6 Å². The fourth-order valence-corrected chi connectivity index (χ4v) is 2.86. The Hall–Kier alpha value is -2.43. The monoisotopic (exact) mass is 310 g/mol. The predicted molar refractivity (Wildman–Crippen MR) is 90.1 cm³/mol. The topological polar surface area (TPSA) is 58.1 Å². The summed E-state index contributed by atoms with van der Waals surface area (Å²) in [6.45, 7) is 4.50. The zero-order valence-corrected chi connectivity index (χ0v) is 13.4. The van der Waals surface area contributed by atoms with Gasteiger partial charge in [0, 0.05) is 19.3 Å². The summed E-state index contributed by atoms with van der Waals surface area (Å²) in [6, 6.07) is 9.52. The molecule has 5 nitrogen and oxygen atoms in total. The first-order valence-electron chi connectivity index (χ1n) is 8.11. The number of pyridine rings is 2. The number of piperidine rings is 1. The molecule has 5 heteroatoms. The Labute approximate surface area is 136 Å². The lowest BCUT2D eigenvalue weighted by atomic mass is 10.00. The first-order chi connectivity index (χ1) is 11.2. The molecule has 1 N–H and O–H groups in total. The molecule has 1 aliphatic heterocycles. The van der Waals surface area contributed by atoms with Gasteiger partial charge in [0.05, 0.1) is 24.1 Å². The minimum absolute atomic E-state index is 0.0350. The van der Waals surface area contributed by atoms with Crippen LogP contribution in [0.15, 0.2) is 42.7 Å². The number of rotatable bonds is 4. The lowest BCUT2D eigenvalue weighted by molar-refractivity contribution is 0.0677. The van der Waals surface area contributed by atoms with Crippen molar-refractivity contribution in [2.75, 3.05) is 18.4 Å². The molecule has 23 heavy (non-hydrogen) atoms. The first-order valence-corrected chi connectivity index (χ1v) is 8.11. The van der Waals surface area contributed by atoms with Crippen LogP contribution in [-0.4, -0.2) is 33.9 Å². The van der Waals surface area contributed by atoms with Gasteiger partial charge in [0.25, 0.3) is 5.91 Å². The zero-order valence-electron chi connectivity index (χ0n) is 13.4. The highest BCUT2D eigenvalue weighted by atomic mass is 16.2. The highest BCUT2D eigenvalue weighted by molar-refractivity contribution is 5.92. The molecule has 0 spiro atoms. The molecule has 3 rings (SSSR count). The minimum atomic E-state index is 0.0350. The van der Waals surface area contributed by atoms with Crippen LogP contribution in [0, 0.1) is 5.92 Å². The third-order valence-corrected chi connectivity index (χ3v) is 4.13. The Morgan fingerprint density at radius 3 is 2.91 bits per heavy atom. The van der Waals surface area contributed by atoms with E-state index in [2.05, 4.69) is 22.2 Å². The number of anilines is 1. The molecule has 2 aromatic rings. The number of hydrogen-bond donors (Lipinski definition) is 1. The maximum Gasteiger partial charge on any atom is 0.272 e. The molecule has 3 heterocycles. The molecular formula is C18H22N4O. The number of carbonyl (C=O) groups is 1. The van der Waals surface area contributed by atoms with Gasteiger partial charge in [0.1, 0.15) is 5.69 Å². The van der Waals surface area contributed by atoms with E-state index in [4.69, 9.17) is 0 Å². The van der Waals surface area contributed by atoms with Crippen LogP contribution in [-0.2, 0) is 6.54 Å². The molecular weight excluding hydrogens is 288 g/mol. The molecule has 0 aliphatic carbocycles. The number of likely N-dealkylation sites (tertiary alicyclic amines) is 1. The fourth-order valence-electron chi connectivity index (χ4n) is 2.86. The van der Waals surface area contributed by atoms with E-state index >= 15 is 0 Å². The molecule has 1 fully saturated rings. The standard InChI is InChI=1S/C18H22N4O/c1-14-5-4-10-22(13-14)18(23)17-8-7-16(12-21-17)20-11-15-6-2-3-9-19-15/h2-3,6-9,12,14,20H,4-5,10-11,13H2,1H3. The summed E-state index contributed by atoms with van der Waals surface area (Å²) >= 11 is 0. The largest absolute Gasteiger partial charge is 0.378 e. The predicted octanol–water partition coefficient (Wildman–Crippen LogP) is 2.96. The van der Waals surface area contributed by atoms with Gasteiger partial charge in [-0.1, -0.05) is 13.0 Å². The van der Waals surface area contributed by atoms with E-state index in [0.717, 1.165) is 30.9 Å². The summed E-state index contributed by atoms with van der Waals surface area (Å²) in [6.07, 6.45) is 5.77. The second kappa shape index (κ2) is 7.22. The first kappa shape index (κ1) is 15.5. The molecule has 1 aliphatic rings. The van der Waals surface area contributed by atoms with Gasteiger partial charge < -0.3 is 10.2 Å². The van der Waals surface area contributed by atoms with E-state index in [1.807, 2.05) is 29.2 Å². The van der Waals surface area contributed by atoms with E-state index in [-0.39, 0.29) is 5.91 Å². The Morgan fingerprint density at radius 2 is 2.22 bits per heavy atom. The highest BCUT2D eigenvalue weighted by Gasteiger charge is 2.22. The van der Waals surface area contributed by atoms with Gasteiger partial charge >= 0.3 is 0 Å². The minimum Gasteiger partial charge on any atom is -0.378 e. The molecule has 1 saturated heterocycles. The summed E-state index contributed by atoms with van der Waals surface area (Å²) in [4.78, 5) is 23.0. The summed E-state index contributed by atoms with van der Waals surface area (Å²) in [7, 11) is 0. The molecule has 1 atom stereocenters. The van der Waals surface area contributed by atoms with Crippen molar-refractivity contribution in [3.8, 4) is 0 Å². The highest BCUT2D eigenvalue weighted by Crippen LogP contribution is 2.18. The summed E-state index contributed by atoms with van der Waals surface area (Å²) in [5.74, 6) is 0.611. The van der Waals surface area contributed by atoms with Crippen molar-refractivity contribution < 1.29 is 4.79 Å². The third-order valence-electron chi connectivity index (χ3n) is 4.13. The van der Waals surface area contributed by atoms with E-state index < -0.39 is 0 Å². The summed E-state index contributed by atoms with van der Waals surface area (Å²) in [5.41, 5.74) is 2.37. The van der Waals surface area contributed by atoms with Crippen LogP contribution in [0.5, 0.6) is 0 Å². The fraction of sp³-hybridized carbons (Fsp3) is 0.389. The Morgan fingerprint density at radius 1 is 1.30 bits per heavy atom. The number of hydrogen-bond acceptors (Lipinski definition) is 4. The van der Waals surface area contributed by atoms with Gasteiger partial charge in [-0.05, 0) is 43.0 Å². The average Bonchev–Trinajstić information content (AvgIpc) is 2.61. The number of nitrogens with one attached hydrogen (secondary N) is 1. The molecule has 0 aromatic carbocycles. The van der Waals surface area contributed by atoms with Crippen molar-refractivity contribution in [3.05, 3.63) is 54.1 Å². The molecule has 1 unspecified atom stereocenters. The Bertz CT molecular complexity index is 642. The van der Waals surface area contributed by atoms with Crippen molar-refractivity contribution in [2.24, 2.45) is 5.92 Å². The second-order valence-electron chi connectivity index (χ2n) is 6.11. The van der Waals surface area contributed by atoms with E-state index in [1.54, 1.807) is 18.5 Å². The van der Waals surface area contributed by atoms with Crippen molar-refractivity contribution in [1.82, 2.24) is 14.9 Å². The average molecular weight is 310 g/mol. The van der Waals surface area contributed by atoms with Crippen molar-refractivity contribution in [1.29, 1.82) is 0 Å². The maximum atomic E-state index is 12.5. The van der Waals surface area contributed by atoms with E-state index in [9.17, 15) is 4.79 Å². The Kier molecular flexibility index (Phi) is 4.86. The van der Waals surface area contributed by atoms with Crippen LogP contribution in [0.2, 0.25) is 0 Å². The molecule has 1 amide bonds. The SMILES string of the molecule is CC1CCCN(C(=O)c2ccc(NCc3ccccn3)cn2)C1. The van der Waals surface area contributed by atoms with Gasteiger partial charge in [-0.25, -0.2) is 4.98 Å². The van der Waals surface area contributed by atoms with Crippen LogP contribution in [0.3, 0.4) is 0 Å². The van der Waals surface area contributed by atoms with Gasteiger partial charge in [-0.3, -0.25) is 9.78 Å². The Balaban J connectivity index is 1.59. The molecule has 120 valence electrons. The van der Waals surface area contributed by atoms with E-state index in [0.29, 0.717) is 18.2 Å². The van der Waals surface area contributed by atoms with Crippen LogP contribution in [0.1, 0.15) is 35.9 Å². The molecule has 2 aromatic heterocycles. The van der Waals surface area contributed by atoms with Crippen molar-refractivity contribution in [2.45, 2.75) is 26.3 Å². The van der Waals surface area contributed by atoms with Gasteiger partial charge in [-0.15, -0.1) is 0 Å². The summed E-state index contributed by atoms with van der Waals surface area (Å²) in [5, 5.41) is 3.26. The van der Waals surface area contributed by atoms with Crippen LogP contribution < -0.4 is 5.32 Å². The molecule has 0 saturated carbocycles. The third kappa shape index (κ3) is 4.06. The molecule has 0 bridgehead atoms. The zero-order chi connectivity index (χ0) is 16.1. The van der Waals surface area contributed by atoms with Crippen LogP contribution in [0.4, 0.5) is 5.69 Å². The maximum absolute atomic E-state index is 12.5. The van der Waals surface area contributed by atoms with Crippen LogP contribution in [0.25, 0.3) is 0 Å². The van der Waals surface area contributed by atoms with Gasteiger partial charge in [0.15, 0.2) is 0 Å². The van der Waals surface area contributed by atoms with Gasteiger partial charge in [0.2, 0.25) is 0 Å². The molecule has 0 radical (unpaired) electrons. The summed E-state index contributed by atoms with van der Waals surface area (Å²) < 4.78 is 0. The van der Waals surface area contributed by atoms with Gasteiger partial charge in [-0.2, -0.15) is 0 Å². The lowest BCUT2D eigenvalue weighted by Crippen LogP contribution is -2.39. The van der Waals surface area contributed by atoms with E-state index in [1.165, 1.54) is 6.42 Å². The number of amides is 1. The number of nitrogens with zero attached hydrogens (tertiary/aromatic N) is 3. The smallest absolute Gasteiger partial charge is 0.272 e. The lowest BCUT2D eigenvalue weighted by Gasteiger charge is -2.30.